The van der Waals surface area contributed by atoms with Crippen molar-refractivity contribution in [3.63, 3.8) is 0 Å². The lowest BCUT2D eigenvalue weighted by molar-refractivity contribution is -0.175. The summed E-state index contributed by atoms with van der Waals surface area (Å²) in [4.78, 5) is 23.9. The highest BCUT2D eigenvalue weighted by atomic mass is 19.4. The van der Waals surface area contributed by atoms with Crippen LogP contribution in [0.1, 0.15) is 26.2 Å². The van der Waals surface area contributed by atoms with Crippen LogP contribution in [0.4, 0.5) is 13.2 Å². The molecule has 1 saturated heterocycles. The average molecular weight is 252 g/mol. The fourth-order valence-electron chi connectivity index (χ4n) is 1.73. The van der Waals surface area contributed by atoms with Gasteiger partial charge in [-0.1, -0.05) is 0 Å². The van der Waals surface area contributed by atoms with E-state index in [1.807, 2.05) is 0 Å². The van der Waals surface area contributed by atoms with Crippen LogP contribution in [0.25, 0.3) is 0 Å². The quantitative estimate of drug-likeness (QED) is 0.799. The molecule has 0 bridgehead atoms. The minimum Gasteiger partial charge on any atom is -0.341 e. The number of halogens is 3. The van der Waals surface area contributed by atoms with Crippen LogP contribution in [-0.4, -0.2) is 42.0 Å². The number of hydrogen-bond acceptors (Lipinski definition) is 2. The number of rotatable bonds is 2. The Bertz CT molecular complexity index is 298. The maximum absolute atomic E-state index is 12.0. The van der Waals surface area contributed by atoms with Gasteiger partial charge in [0.1, 0.15) is 6.04 Å². The van der Waals surface area contributed by atoms with Crippen molar-refractivity contribution in [2.45, 2.75) is 38.4 Å². The van der Waals surface area contributed by atoms with Gasteiger partial charge in [-0.05, 0) is 26.2 Å². The van der Waals surface area contributed by atoms with E-state index in [2.05, 4.69) is 0 Å². The summed E-state index contributed by atoms with van der Waals surface area (Å²) in [7, 11) is 0. The fourth-order valence-corrected chi connectivity index (χ4v) is 1.73. The lowest BCUT2D eigenvalue weighted by Crippen LogP contribution is -2.51. The van der Waals surface area contributed by atoms with Crippen LogP contribution in [0.15, 0.2) is 0 Å². The van der Waals surface area contributed by atoms with Crippen LogP contribution in [0, 0.1) is 0 Å². The second-order valence-corrected chi connectivity index (χ2v) is 4.08. The second-order valence-electron chi connectivity index (χ2n) is 4.08. The minimum atomic E-state index is -4.95. The molecule has 0 saturated carbocycles. The first-order valence-corrected chi connectivity index (χ1v) is 5.49. The predicted octanol–water partition coefficient (Wildman–Crippen LogP) is 1.07. The first-order chi connectivity index (χ1) is 7.82. The number of nitrogens with zero attached hydrogens (tertiary/aromatic N) is 1. The van der Waals surface area contributed by atoms with Gasteiger partial charge in [-0.25, -0.2) is 0 Å². The van der Waals surface area contributed by atoms with Crippen LogP contribution >= 0.6 is 0 Å². The molecular formula is C10H15F3N2O2. The van der Waals surface area contributed by atoms with E-state index in [4.69, 9.17) is 0 Å². The van der Waals surface area contributed by atoms with Gasteiger partial charge in [0.25, 0.3) is 0 Å². The molecule has 1 fully saturated rings. The fraction of sp³-hybridized carbons (Fsp3) is 0.800. The van der Waals surface area contributed by atoms with Crippen LogP contribution in [0.2, 0.25) is 0 Å². The van der Waals surface area contributed by atoms with E-state index in [0.29, 0.717) is 13.1 Å². The van der Waals surface area contributed by atoms with Gasteiger partial charge >= 0.3 is 12.1 Å². The molecule has 98 valence electrons. The third-order valence-electron chi connectivity index (χ3n) is 2.64. The Hall–Kier alpha value is -1.27. The molecule has 17 heavy (non-hydrogen) atoms. The molecular weight excluding hydrogens is 237 g/mol. The topological polar surface area (TPSA) is 49.4 Å². The van der Waals surface area contributed by atoms with Gasteiger partial charge in [0.15, 0.2) is 0 Å². The largest absolute Gasteiger partial charge is 0.471 e. The standard InChI is InChI=1S/C10H15F3N2O2/c1-7(14-9(17)10(11,12)13)8(16)15-5-3-2-4-6-15/h7H,2-6H2,1H3,(H,14,17). The summed E-state index contributed by atoms with van der Waals surface area (Å²) in [6.45, 7) is 2.36. The molecule has 1 N–H and O–H groups in total. The molecule has 1 aliphatic heterocycles. The van der Waals surface area contributed by atoms with Gasteiger partial charge in [0.05, 0.1) is 0 Å². The Kier molecular flexibility index (Phi) is 4.36. The normalized spacial score (nSPS) is 18.7. The predicted molar refractivity (Wildman–Crippen MR) is 54.1 cm³/mol. The van der Waals surface area contributed by atoms with E-state index >= 15 is 0 Å². The zero-order valence-corrected chi connectivity index (χ0v) is 9.51. The third kappa shape index (κ3) is 3.90. The number of amides is 2. The van der Waals surface area contributed by atoms with Gasteiger partial charge in [0, 0.05) is 13.1 Å². The van der Waals surface area contributed by atoms with Crippen molar-refractivity contribution < 1.29 is 22.8 Å². The summed E-state index contributed by atoms with van der Waals surface area (Å²) in [5, 5.41) is 1.66. The molecule has 0 aromatic heterocycles. The lowest BCUT2D eigenvalue weighted by atomic mass is 10.1. The zero-order valence-electron chi connectivity index (χ0n) is 9.51. The van der Waals surface area contributed by atoms with Gasteiger partial charge in [-0.2, -0.15) is 13.2 Å². The molecule has 1 heterocycles. The van der Waals surface area contributed by atoms with Gasteiger partial charge < -0.3 is 10.2 Å². The average Bonchev–Trinajstić information content (AvgIpc) is 2.27. The lowest BCUT2D eigenvalue weighted by Gasteiger charge is -2.29. The summed E-state index contributed by atoms with van der Waals surface area (Å²) in [5.41, 5.74) is 0. The highest BCUT2D eigenvalue weighted by Crippen LogP contribution is 2.15. The molecule has 1 atom stereocenters. The van der Waals surface area contributed by atoms with Crippen molar-refractivity contribution in [3.05, 3.63) is 0 Å². The molecule has 1 unspecified atom stereocenters. The summed E-state index contributed by atoms with van der Waals surface area (Å²) >= 11 is 0. The number of piperidine rings is 1. The number of alkyl halides is 3. The minimum absolute atomic E-state index is 0.456. The van der Waals surface area contributed by atoms with E-state index in [-0.39, 0.29) is 0 Å². The Morgan fingerprint density at radius 2 is 1.71 bits per heavy atom. The number of carbonyl (C=O) groups is 2. The summed E-state index contributed by atoms with van der Waals surface area (Å²) in [6, 6.07) is -1.14. The molecule has 7 heteroatoms. The molecule has 1 rings (SSSR count). The Morgan fingerprint density at radius 3 is 2.18 bits per heavy atom. The van der Waals surface area contributed by atoms with Crippen molar-refractivity contribution in [2.75, 3.05) is 13.1 Å². The molecule has 4 nitrogen and oxygen atoms in total. The van der Waals surface area contributed by atoms with Crippen molar-refractivity contribution in [1.29, 1.82) is 0 Å². The van der Waals surface area contributed by atoms with Crippen molar-refractivity contribution >= 4 is 11.8 Å². The molecule has 0 spiro atoms. The van der Waals surface area contributed by atoms with Crippen LogP contribution in [0.3, 0.4) is 0 Å². The zero-order chi connectivity index (χ0) is 13.1. The van der Waals surface area contributed by atoms with Crippen LogP contribution in [0.5, 0.6) is 0 Å². The van der Waals surface area contributed by atoms with Crippen LogP contribution in [-0.2, 0) is 9.59 Å². The second kappa shape index (κ2) is 5.37. The smallest absolute Gasteiger partial charge is 0.341 e. The maximum atomic E-state index is 12.0. The van der Waals surface area contributed by atoms with E-state index < -0.39 is 24.0 Å². The molecule has 0 aromatic rings. The SMILES string of the molecule is CC(NC(=O)C(F)(F)F)C(=O)N1CCCCC1. The first kappa shape index (κ1) is 13.8. The molecule has 0 aliphatic carbocycles. The van der Waals surface area contributed by atoms with E-state index in [0.717, 1.165) is 19.3 Å². The monoisotopic (exact) mass is 252 g/mol. The maximum Gasteiger partial charge on any atom is 0.471 e. The highest BCUT2D eigenvalue weighted by Gasteiger charge is 2.40. The number of likely N-dealkylation sites (tertiary alicyclic amines) is 1. The third-order valence-corrected chi connectivity index (χ3v) is 2.64. The number of hydrogen-bond donors (Lipinski definition) is 1. The summed E-state index contributed by atoms with van der Waals surface area (Å²) in [6.07, 6.45) is -2.22. The summed E-state index contributed by atoms with van der Waals surface area (Å²) in [5.74, 6) is -2.53. The van der Waals surface area contributed by atoms with E-state index in [1.165, 1.54) is 11.8 Å². The van der Waals surface area contributed by atoms with E-state index in [1.54, 1.807) is 5.32 Å². The van der Waals surface area contributed by atoms with Crippen molar-refractivity contribution in [1.82, 2.24) is 10.2 Å². The van der Waals surface area contributed by atoms with Crippen molar-refractivity contribution in [2.24, 2.45) is 0 Å². The van der Waals surface area contributed by atoms with E-state index in [9.17, 15) is 22.8 Å². The summed E-state index contributed by atoms with van der Waals surface area (Å²) < 4.78 is 35.9. The van der Waals surface area contributed by atoms with Crippen molar-refractivity contribution in [3.8, 4) is 0 Å². The first-order valence-electron chi connectivity index (χ1n) is 5.49. The molecule has 0 radical (unpaired) electrons. The Morgan fingerprint density at radius 1 is 1.18 bits per heavy atom. The number of nitrogens with one attached hydrogen (secondary N) is 1. The number of carbonyl (C=O) groups excluding carboxylic acids is 2. The van der Waals surface area contributed by atoms with Crippen LogP contribution < -0.4 is 5.32 Å². The Labute approximate surface area is 97.1 Å². The molecule has 2 amide bonds. The Balaban J connectivity index is 2.49. The van der Waals surface area contributed by atoms with Gasteiger partial charge in [-0.3, -0.25) is 9.59 Å². The van der Waals surface area contributed by atoms with Gasteiger partial charge in [-0.15, -0.1) is 0 Å². The molecule has 0 aromatic carbocycles. The highest BCUT2D eigenvalue weighted by molar-refractivity contribution is 5.89. The van der Waals surface area contributed by atoms with Gasteiger partial charge in [0.2, 0.25) is 5.91 Å². The molecule has 1 aliphatic rings.